The summed E-state index contributed by atoms with van der Waals surface area (Å²) in [5.41, 5.74) is -0.0371. The van der Waals surface area contributed by atoms with Gasteiger partial charge in [0.15, 0.2) is 0 Å². The minimum absolute atomic E-state index is 0.0837. The molecule has 25 heavy (non-hydrogen) atoms. The quantitative estimate of drug-likeness (QED) is 0.711. The highest BCUT2D eigenvalue weighted by Gasteiger charge is 2.54. The lowest BCUT2D eigenvalue weighted by atomic mass is 9.69. The van der Waals surface area contributed by atoms with Crippen LogP contribution in [0.15, 0.2) is 35.6 Å². The fourth-order valence-electron chi connectivity index (χ4n) is 3.07. The number of allylic oxidation sites excluding steroid dienone is 1. The van der Waals surface area contributed by atoms with Crippen molar-refractivity contribution in [3.8, 4) is 5.75 Å². The first-order valence-corrected chi connectivity index (χ1v) is 8.39. The third-order valence-corrected chi connectivity index (χ3v) is 5.40. The zero-order chi connectivity index (χ0) is 18.4. The Bertz CT molecular complexity index is 655. The maximum Gasteiger partial charge on any atom is 0.525 e. The SMILES string of the molecule is CC1(C)OB(C(F)=C2CCC2c2ccc(OC(F)F)cc2)OC1(C)C. The molecule has 3 nitrogen and oxygen atoms in total. The van der Waals surface area contributed by atoms with Gasteiger partial charge in [-0.2, -0.15) is 8.78 Å². The molecule has 0 N–H and O–H groups in total. The van der Waals surface area contributed by atoms with Crippen LogP contribution in [0.2, 0.25) is 0 Å². The minimum atomic E-state index is -2.86. The number of rotatable bonds is 4. The van der Waals surface area contributed by atoms with E-state index in [2.05, 4.69) is 4.74 Å². The molecule has 0 amide bonds. The highest BCUT2D eigenvalue weighted by Crippen LogP contribution is 2.47. The van der Waals surface area contributed by atoms with Gasteiger partial charge in [0.1, 0.15) is 11.5 Å². The van der Waals surface area contributed by atoms with E-state index in [1.54, 1.807) is 12.1 Å². The molecule has 2 aliphatic rings. The van der Waals surface area contributed by atoms with Crippen LogP contribution in [0, 0.1) is 0 Å². The number of alkyl halides is 2. The topological polar surface area (TPSA) is 27.7 Å². The van der Waals surface area contributed by atoms with Gasteiger partial charge in [-0.3, -0.25) is 0 Å². The van der Waals surface area contributed by atoms with Gasteiger partial charge < -0.3 is 14.0 Å². The van der Waals surface area contributed by atoms with Gasteiger partial charge in [0, 0.05) is 5.92 Å². The van der Waals surface area contributed by atoms with Crippen molar-refractivity contribution in [2.75, 3.05) is 0 Å². The Morgan fingerprint density at radius 2 is 1.68 bits per heavy atom. The molecular formula is C18H22BF3O3. The second-order valence-corrected chi connectivity index (χ2v) is 7.50. The monoisotopic (exact) mass is 354 g/mol. The molecule has 1 aromatic carbocycles. The first-order valence-electron chi connectivity index (χ1n) is 8.39. The summed E-state index contributed by atoms with van der Waals surface area (Å²) in [6.45, 7) is 4.66. The first kappa shape index (κ1) is 18.3. The van der Waals surface area contributed by atoms with Crippen LogP contribution in [-0.2, 0) is 9.31 Å². The highest BCUT2D eigenvalue weighted by atomic mass is 19.3. The predicted octanol–water partition coefficient (Wildman–Crippen LogP) is 5.02. The molecule has 1 atom stereocenters. The molecule has 1 aliphatic carbocycles. The molecule has 136 valence electrons. The van der Waals surface area contributed by atoms with Crippen LogP contribution in [0.3, 0.4) is 0 Å². The van der Waals surface area contributed by atoms with Gasteiger partial charge in [-0.25, -0.2) is 4.39 Å². The van der Waals surface area contributed by atoms with Crippen LogP contribution in [0.25, 0.3) is 0 Å². The average Bonchev–Trinajstić information content (AvgIpc) is 2.68. The Labute approximate surface area is 146 Å². The summed E-state index contributed by atoms with van der Waals surface area (Å²) in [5.74, 6) is 0.00894. The molecule has 3 rings (SSSR count). The lowest BCUT2D eigenvalue weighted by Gasteiger charge is -2.32. The molecular weight excluding hydrogens is 332 g/mol. The molecule has 0 bridgehead atoms. The normalized spacial score (nSPS) is 26.6. The second kappa shape index (κ2) is 6.36. The molecule has 1 aliphatic heterocycles. The van der Waals surface area contributed by atoms with Gasteiger partial charge in [0.2, 0.25) is 0 Å². The van der Waals surface area contributed by atoms with Crippen molar-refractivity contribution in [1.29, 1.82) is 0 Å². The van der Waals surface area contributed by atoms with Crippen molar-refractivity contribution in [2.24, 2.45) is 0 Å². The Balaban J connectivity index is 1.76. The van der Waals surface area contributed by atoms with Gasteiger partial charge in [0.25, 0.3) is 0 Å². The van der Waals surface area contributed by atoms with E-state index in [0.29, 0.717) is 12.0 Å². The summed E-state index contributed by atoms with van der Waals surface area (Å²) >= 11 is 0. The molecule has 0 aromatic heterocycles. The molecule has 0 radical (unpaired) electrons. The zero-order valence-corrected chi connectivity index (χ0v) is 14.8. The van der Waals surface area contributed by atoms with E-state index in [-0.39, 0.29) is 17.4 Å². The average molecular weight is 354 g/mol. The molecule has 2 fully saturated rings. The van der Waals surface area contributed by atoms with Crippen LogP contribution in [0.5, 0.6) is 5.75 Å². The van der Waals surface area contributed by atoms with E-state index in [9.17, 15) is 13.2 Å². The summed E-state index contributed by atoms with van der Waals surface area (Å²) in [6, 6.07) is 6.34. The van der Waals surface area contributed by atoms with Crippen LogP contribution in [0.4, 0.5) is 13.2 Å². The summed E-state index contributed by atoms with van der Waals surface area (Å²) in [6.07, 6.45) is 1.44. The van der Waals surface area contributed by atoms with Crippen LogP contribution in [0.1, 0.15) is 52.0 Å². The molecule has 1 aromatic rings. The van der Waals surface area contributed by atoms with Crippen molar-refractivity contribution < 1.29 is 27.2 Å². The number of benzene rings is 1. The Kier molecular flexibility index (Phi) is 4.66. The maximum atomic E-state index is 14.9. The molecule has 0 spiro atoms. The summed E-state index contributed by atoms with van der Waals surface area (Å²) in [7, 11) is -0.996. The smallest absolute Gasteiger partial charge is 0.435 e. The third kappa shape index (κ3) is 3.44. The summed E-state index contributed by atoms with van der Waals surface area (Å²) in [5, 5.41) is 0. The van der Waals surface area contributed by atoms with E-state index < -0.39 is 24.9 Å². The standard InChI is InChI=1S/C18H22BF3O3/c1-17(2)18(3,4)25-19(24-17)15(20)14-10-9-13(14)11-5-7-12(8-6-11)23-16(21)22/h5-8,13,16H,9-10H2,1-4H3. The van der Waals surface area contributed by atoms with E-state index >= 15 is 0 Å². The molecule has 7 heteroatoms. The van der Waals surface area contributed by atoms with Crippen molar-refractivity contribution in [3.05, 3.63) is 41.1 Å². The van der Waals surface area contributed by atoms with E-state index in [0.717, 1.165) is 12.0 Å². The highest BCUT2D eigenvalue weighted by molar-refractivity contribution is 6.54. The number of hydrogen-bond donors (Lipinski definition) is 0. The van der Waals surface area contributed by atoms with Gasteiger partial charge >= 0.3 is 13.7 Å². The van der Waals surface area contributed by atoms with Gasteiger partial charge in [-0.15, -0.1) is 0 Å². The van der Waals surface area contributed by atoms with Gasteiger partial charge in [-0.05, 0) is 63.8 Å². The first-order chi connectivity index (χ1) is 11.6. The molecule has 1 saturated heterocycles. The van der Waals surface area contributed by atoms with Crippen LogP contribution in [-0.4, -0.2) is 24.9 Å². The molecule has 1 saturated carbocycles. The van der Waals surface area contributed by atoms with Crippen molar-refractivity contribution in [2.45, 2.75) is 64.3 Å². The fourth-order valence-corrected chi connectivity index (χ4v) is 3.07. The van der Waals surface area contributed by atoms with E-state index in [4.69, 9.17) is 9.31 Å². The van der Waals surface area contributed by atoms with Crippen molar-refractivity contribution >= 4 is 7.12 Å². The largest absolute Gasteiger partial charge is 0.525 e. The summed E-state index contributed by atoms with van der Waals surface area (Å²) in [4.78, 5) is 0. The number of ether oxygens (including phenoxy) is 1. The summed E-state index contributed by atoms with van der Waals surface area (Å²) < 4.78 is 55.2. The third-order valence-electron chi connectivity index (χ3n) is 5.40. The number of halogens is 3. The second-order valence-electron chi connectivity index (χ2n) is 7.50. The van der Waals surface area contributed by atoms with E-state index in [1.165, 1.54) is 12.1 Å². The van der Waals surface area contributed by atoms with Gasteiger partial charge in [-0.1, -0.05) is 12.1 Å². The Morgan fingerprint density at radius 3 is 2.12 bits per heavy atom. The Hall–Kier alpha value is -1.47. The molecule has 1 unspecified atom stereocenters. The maximum absolute atomic E-state index is 14.9. The fraction of sp³-hybridized carbons (Fsp3) is 0.556. The minimum Gasteiger partial charge on any atom is -0.435 e. The van der Waals surface area contributed by atoms with Gasteiger partial charge in [0.05, 0.1) is 11.2 Å². The Morgan fingerprint density at radius 1 is 1.12 bits per heavy atom. The lowest BCUT2D eigenvalue weighted by Crippen LogP contribution is -2.41. The van der Waals surface area contributed by atoms with Crippen LogP contribution < -0.4 is 4.74 Å². The number of hydrogen-bond acceptors (Lipinski definition) is 3. The zero-order valence-electron chi connectivity index (χ0n) is 14.8. The lowest BCUT2D eigenvalue weighted by molar-refractivity contribution is -0.0498. The predicted molar refractivity (Wildman–Crippen MR) is 89.3 cm³/mol. The van der Waals surface area contributed by atoms with Crippen molar-refractivity contribution in [1.82, 2.24) is 0 Å². The van der Waals surface area contributed by atoms with Crippen molar-refractivity contribution in [3.63, 3.8) is 0 Å². The van der Waals surface area contributed by atoms with Crippen LogP contribution >= 0.6 is 0 Å². The van der Waals surface area contributed by atoms with E-state index in [1.807, 2.05) is 27.7 Å². The molecule has 1 heterocycles.